The first-order valence-electron chi connectivity index (χ1n) is 9.20. The average Bonchev–Trinajstić information content (AvgIpc) is 3.15. The van der Waals surface area contributed by atoms with Crippen LogP contribution in [0.25, 0.3) is 16.9 Å². The molecule has 154 valence electrons. The van der Waals surface area contributed by atoms with Gasteiger partial charge >= 0.3 is 0 Å². The third-order valence-corrected chi connectivity index (χ3v) is 6.25. The average molecular weight is 425 g/mol. The molecule has 0 atom stereocenters. The summed E-state index contributed by atoms with van der Waals surface area (Å²) in [5, 5.41) is 0. The lowest BCUT2D eigenvalue weighted by molar-refractivity contribution is 0.385. The molecule has 1 N–H and O–H groups in total. The Kier molecular flexibility index (Phi) is 4.95. The molecule has 0 aliphatic rings. The quantitative estimate of drug-likeness (QED) is 0.509. The van der Waals surface area contributed by atoms with Crippen LogP contribution in [0.3, 0.4) is 0 Å². The summed E-state index contributed by atoms with van der Waals surface area (Å²) in [5.41, 5.74) is 4.50. The van der Waals surface area contributed by atoms with Crippen molar-refractivity contribution in [3.05, 3.63) is 77.9 Å². The summed E-state index contributed by atoms with van der Waals surface area (Å²) < 4.78 is 48.9. The van der Waals surface area contributed by atoms with Gasteiger partial charge < -0.3 is 9.14 Å². The summed E-state index contributed by atoms with van der Waals surface area (Å²) in [6.07, 6.45) is 3.80. The van der Waals surface area contributed by atoms with Gasteiger partial charge in [0.1, 0.15) is 5.65 Å². The fourth-order valence-electron chi connectivity index (χ4n) is 3.20. The lowest BCUT2D eigenvalue weighted by Crippen LogP contribution is -2.14. The number of imidazole rings is 1. The Morgan fingerprint density at radius 3 is 2.57 bits per heavy atom. The fourth-order valence-corrected chi connectivity index (χ4v) is 4.34. The predicted octanol–water partition coefficient (Wildman–Crippen LogP) is 4.57. The Bertz CT molecular complexity index is 1360. The maximum atomic E-state index is 14.0. The molecule has 0 amide bonds. The maximum Gasteiger partial charge on any atom is 0.262 e. The van der Waals surface area contributed by atoms with E-state index in [0.29, 0.717) is 5.69 Å². The van der Waals surface area contributed by atoms with E-state index in [1.165, 1.54) is 19.2 Å². The maximum absolute atomic E-state index is 14.0. The minimum Gasteiger partial charge on any atom is -0.494 e. The van der Waals surface area contributed by atoms with Gasteiger partial charge in [0.25, 0.3) is 10.0 Å². The number of hydrogen-bond acceptors (Lipinski definition) is 4. The number of aromatic nitrogens is 2. The van der Waals surface area contributed by atoms with Crippen molar-refractivity contribution in [3.8, 4) is 17.0 Å². The van der Waals surface area contributed by atoms with E-state index in [4.69, 9.17) is 4.74 Å². The molecular formula is C22H20FN3O3S. The highest BCUT2D eigenvalue weighted by atomic mass is 32.2. The van der Waals surface area contributed by atoms with Crippen LogP contribution in [-0.4, -0.2) is 24.9 Å². The second kappa shape index (κ2) is 7.46. The molecule has 4 aromatic rings. The molecule has 0 radical (unpaired) electrons. The molecule has 30 heavy (non-hydrogen) atoms. The summed E-state index contributed by atoms with van der Waals surface area (Å²) in [5.74, 6) is -0.764. The van der Waals surface area contributed by atoms with Crippen LogP contribution in [0, 0.1) is 19.7 Å². The first-order chi connectivity index (χ1) is 14.3. The zero-order chi connectivity index (χ0) is 21.5. The van der Waals surface area contributed by atoms with Gasteiger partial charge in [-0.2, -0.15) is 0 Å². The molecule has 4 rings (SSSR count). The number of nitrogens with one attached hydrogen (secondary N) is 1. The molecule has 0 fully saturated rings. The van der Waals surface area contributed by atoms with Gasteiger partial charge in [-0.15, -0.1) is 0 Å². The highest BCUT2D eigenvalue weighted by Crippen LogP contribution is 2.28. The molecule has 0 spiro atoms. The van der Waals surface area contributed by atoms with Crippen molar-refractivity contribution in [2.24, 2.45) is 0 Å². The zero-order valence-corrected chi connectivity index (χ0v) is 17.5. The molecule has 8 heteroatoms. The van der Waals surface area contributed by atoms with E-state index >= 15 is 0 Å². The zero-order valence-electron chi connectivity index (χ0n) is 16.7. The third kappa shape index (κ3) is 3.61. The van der Waals surface area contributed by atoms with Gasteiger partial charge in [0.15, 0.2) is 11.6 Å². The number of pyridine rings is 1. The van der Waals surface area contributed by atoms with Crippen molar-refractivity contribution in [1.82, 2.24) is 9.38 Å². The number of methoxy groups -OCH3 is 1. The van der Waals surface area contributed by atoms with Gasteiger partial charge in [-0.3, -0.25) is 4.72 Å². The van der Waals surface area contributed by atoms with Crippen LogP contribution in [0.2, 0.25) is 0 Å². The molecule has 2 aromatic carbocycles. The molecule has 0 aliphatic carbocycles. The number of benzene rings is 2. The molecule has 0 saturated heterocycles. The standard InChI is InChI=1S/C22H20FN3O3S/c1-14-6-7-16(20-13-26-10-4-5-15(2)22(26)24-20)11-19(14)25-30(27,28)17-8-9-21(29-3)18(23)12-17/h4-13,25H,1-3H3. The van der Waals surface area contributed by atoms with Crippen LogP contribution < -0.4 is 9.46 Å². The van der Waals surface area contributed by atoms with E-state index in [1.54, 1.807) is 13.0 Å². The number of nitrogens with zero attached hydrogens (tertiary/aromatic N) is 2. The Morgan fingerprint density at radius 2 is 1.87 bits per heavy atom. The van der Waals surface area contributed by atoms with E-state index in [9.17, 15) is 12.8 Å². The molecule has 0 aliphatic heterocycles. The first-order valence-corrected chi connectivity index (χ1v) is 10.7. The molecular weight excluding hydrogens is 405 g/mol. The van der Waals surface area contributed by atoms with Crippen LogP contribution in [-0.2, 0) is 10.0 Å². The summed E-state index contributed by atoms with van der Waals surface area (Å²) in [6.45, 7) is 3.78. The lowest BCUT2D eigenvalue weighted by Gasteiger charge is -2.12. The van der Waals surface area contributed by atoms with Gasteiger partial charge in [0.05, 0.1) is 23.4 Å². The summed E-state index contributed by atoms with van der Waals surface area (Å²) >= 11 is 0. The van der Waals surface area contributed by atoms with Crippen molar-refractivity contribution in [1.29, 1.82) is 0 Å². The Labute approximate surface area is 174 Å². The number of aryl methyl sites for hydroxylation is 2. The van der Waals surface area contributed by atoms with E-state index in [2.05, 4.69) is 9.71 Å². The van der Waals surface area contributed by atoms with Crippen molar-refractivity contribution in [2.45, 2.75) is 18.7 Å². The van der Waals surface area contributed by atoms with Crippen molar-refractivity contribution in [2.75, 3.05) is 11.8 Å². The molecule has 0 bridgehead atoms. The van der Waals surface area contributed by atoms with E-state index < -0.39 is 15.8 Å². The predicted molar refractivity (Wildman–Crippen MR) is 114 cm³/mol. The SMILES string of the molecule is COc1ccc(S(=O)(=O)Nc2cc(-c3cn4cccc(C)c4n3)ccc2C)cc1F. The Balaban J connectivity index is 1.71. The van der Waals surface area contributed by atoms with Gasteiger partial charge in [0.2, 0.25) is 0 Å². The normalized spacial score (nSPS) is 11.6. The minimum absolute atomic E-state index is 0.0192. The third-order valence-electron chi connectivity index (χ3n) is 4.89. The van der Waals surface area contributed by atoms with Crippen molar-refractivity contribution in [3.63, 3.8) is 0 Å². The number of anilines is 1. The van der Waals surface area contributed by atoms with E-state index in [0.717, 1.165) is 34.1 Å². The second-order valence-corrected chi connectivity index (χ2v) is 8.66. The number of sulfonamides is 1. The number of hydrogen-bond donors (Lipinski definition) is 1. The van der Waals surface area contributed by atoms with Crippen LogP contribution in [0.1, 0.15) is 11.1 Å². The van der Waals surface area contributed by atoms with Gasteiger partial charge in [-0.25, -0.2) is 17.8 Å². The topological polar surface area (TPSA) is 72.7 Å². The Morgan fingerprint density at radius 1 is 1.07 bits per heavy atom. The molecule has 2 aromatic heterocycles. The molecule has 0 unspecified atom stereocenters. The van der Waals surface area contributed by atoms with Crippen LogP contribution in [0.15, 0.2) is 65.8 Å². The highest BCUT2D eigenvalue weighted by molar-refractivity contribution is 7.92. The summed E-state index contributed by atoms with van der Waals surface area (Å²) in [7, 11) is -2.66. The van der Waals surface area contributed by atoms with Crippen molar-refractivity contribution < 1.29 is 17.5 Å². The minimum atomic E-state index is -3.98. The van der Waals surface area contributed by atoms with Gasteiger partial charge in [-0.1, -0.05) is 18.2 Å². The van der Waals surface area contributed by atoms with E-state index in [-0.39, 0.29) is 10.6 Å². The number of fused-ring (bicyclic) bond motifs is 1. The highest BCUT2D eigenvalue weighted by Gasteiger charge is 2.18. The largest absolute Gasteiger partial charge is 0.494 e. The van der Waals surface area contributed by atoms with Crippen LogP contribution in [0.4, 0.5) is 10.1 Å². The molecule has 0 saturated carbocycles. The fraction of sp³-hybridized carbons (Fsp3) is 0.136. The lowest BCUT2D eigenvalue weighted by atomic mass is 10.1. The summed E-state index contributed by atoms with van der Waals surface area (Å²) in [4.78, 5) is 4.47. The van der Waals surface area contributed by atoms with Crippen molar-refractivity contribution >= 4 is 21.4 Å². The molecule has 6 nitrogen and oxygen atoms in total. The Hall–Kier alpha value is -3.39. The summed E-state index contributed by atoms with van der Waals surface area (Å²) in [6, 6.07) is 12.9. The number of rotatable bonds is 5. The van der Waals surface area contributed by atoms with E-state index in [1.807, 2.05) is 48.0 Å². The van der Waals surface area contributed by atoms with Crippen LogP contribution in [0.5, 0.6) is 5.75 Å². The second-order valence-electron chi connectivity index (χ2n) is 6.98. The number of ether oxygens (including phenoxy) is 1. The van der Waals surface area contributed by atoms with Crippen LogP contribution >= 0.6 is 0 Å². The van der Waals surface area contributed by atoms with Gasteiger partial charge in [0, 0.05) is 18.0 Å². The smallest absolute Gasteiger partial charge is 0.262 e. The molecule has 2 heterocycles. The van der Waals surface area contributed by atoms with Gasteiger partial charge in [-0.05, 0) is 55.3 Å². The monoisotopic (exact) mass is 425 g/mol. The number of halogens is 1. The first kappa shape index (κ1) is 19.9.